The summed E-state index contributed by atoms with van der Waals surface area (Å²) in [4.78, 5) is 34.4. The van der Waals surface area contributed by atoms with Gasteiger partial charge in [-0.05, 0) is 36.4 Å². The number of rotatable bonds is 7. The molecule has 0 spiro atoms. The fourth-order valence-corrected chi connectivity index (χ4v) is 2.74. The molecule has 0 aliphatic carbocycles. The van der Waals surface area contributed by atoms with Crippen LogP contribution in [0, 0.1) is 0 Å². The molecule has 0 heterocycles. The molecule has 0 fully saturated rings. The number of aliphatic carboxylic acids is 1. The van der Waals surface area contributed by atoms with Gasteiger partial charge in [0.15, 0.2) is 10.9 Å². The van der Waals surface area contributed by atoms with E-state index in [0.29, 0.717) is 28.8 Å². The van der Waals surface area contributed by atoms with E-state index in [4.69, 9.17) is 9.84 Å². The Morgan fingerprint density at radius 1 is 1.00 bits per heavy atom. The summed E-state index contributed by atoms with van der Waals surface area (Å²) in [6.45, 7) is 1.28. The molecule has 0 aromatic heterocycles. The van der Waals surface area contributed by atoms with Gasteiger partial charge in [0.25, 0.3) is 0 Å². The fourth-order valence-electron chi connectivity index (χ4n) is 2.00. The quantitative estimate of drug-likeness (QED) is 0.770. The topological polar surface area (TPSA) is 80.7 Å². The van der Waals surface area contributed by atoms with Crippen LogP contribution in [0.1, 0.15) is 23.7 Å². The third-order valence-corrected chi connectivity index (χ3v) is 4.09. The highest BCUT2D eigenvalue weighted by atomic mass is 32.2. The lowest BCUT2D eigenvalue weighted by Gasteiger charge is -2.10. The Kier molecular flexibility index (Phi) is 6.14. The molecule has 0 saturated heterocycles. The lowest BCUT2D eigenvalue weighted by Crippen LogP contribution is -2.21. The van der Waals surface area contributed by atoms with Gasteiger partial charge in [0.2, 0.25) is 0 Å². The Morgan fingerprint density at radius 3 is 2.12 bits per heavy atom. The Bertz CT molecular complexity index is 725. The van der Waals surface area contributed by atoms with Crippen molar-refractivity contribution in [1.82, 2.24) is 0 Å². The van der Waals surface area contributed by atoms with Crippen molar-refractivity contribution >= 4 is 28.6 Å². The van der Waals surface area contributed by atoms with E-state index in [1.54, 1.807) is 24.3 Å². The molecule has 1 atom stereocenters. The Morgan fingerprint density at radius 2 is 1.58 bits per heavy atom. The molecule has 1 unspecified atom stereocenters. The van der Waals surface area contributed by atoms with Gasteiger partial charge in [-0.25, -0.2) is 0 Å². The third-order valence-electron chi connectivity index (χ3n) is 3.11. The zero-order chi connectivity index (χ0) is 17.5. The van der Waals surface area contributed by atoms with E-state index in [-0.39, 0.29) is 17.3 Å². The van der Waals surface area contributed by atoms with E-state index in [9.17, 15) is 14.4 Å². The Balaban J connectivity index is 2.02. The highest BCUT2D eigenvalue weighted by Crippen LogP contribution is 2.23. The molecule has 0 saturated carbocycles. The average molecular weight is 344 g/mol. The lowest BCUT2D eigenvalue weighted by molar-refractivity contribution is -0.136. The zero-order valence-electron chi connectivity index (χ0n) is 13.0. The molecule has 0 amide bonds. The van der Waals surface area contributed by atoms with Crippen LogP contribution >= 0.6 is 11.8 Å². The molecule has 0 aliphatic rings. The van der Waals surface area contributed by atoms with Crippen molar-refractivity contribution in [2.24, 2.45) is 0 Å². The standard InChI is InChI=1S/C18H16O5S/c1-12(19)24-17(18(21)22)11-16(20)13-7-9-15(10-8-13)23-14-5-3-2-4-6-14/h2-10,17H,11H2,1H3,(H,21,22). The zero-order valence-corrected chi connectivity index (χ0v) is 13.8. The number of hydrogen-bond donors (Lipinski definition) is 1. The third kappa shape index (κ3) is 5.24. The molecule has 0 bridgehead atoms. The first kappa shape index (κ1) is 17.7. The van der Waals surface area contributed by atoms with Crippen molar-refractivity contribution in [3.8, 4) is 11.5 Å². The highest BCUT2D eigenvalue weighted by Gasteiger charge is 2.24. The summed E-state index contributed by atoms with van der Waals surface area (Å²) in [6.07, 6.45) is -0.238. The predicted octanol–water partition coefficient (Wildman–Crippen LogP) is 3.78. The average Bonchev–Trinajstić information content (AvgIpc) is 2.55. The fraction of sp³-hybridized carbons (Fsp3) is 0.167. The predicted molar refractivity (Wildman–Crippen MR) is 91.6 cm³/mol. The van der Waals surface area contributed by atoms with Crippen molar-refractivity contribution in [3.05, 3.63) is 60.2 Å². The molecule has 2 aromatic rings. The highest BCUT2D eigenvalue weighted by molar-refractivity contribution is 8.14. The normalized spacial score (nSPS) is 11.5. The monoisotopic (exact) mass is 344 g/mol. The van der Waals surface area contributed by atoms with Gasteiger partial charge in [-0.15, -0.1) is 0 Å². The maximum Gasteiger partial charge on any atom is 0.317 e. The van der Waals surface area contributed by atoms with Crippen LogP contribution in [0.3, 0.4) is 0 Å². The number of Topliss-reactive ketones (excluding diaryl/α,β-unsaturated/α-hetero) is 1. The molecule has 2 aromatic carbocycles. The second-order valence-corrected chi connectivity index (χ2v) is 6.38. The summed E-state index contributed by atoms with van der Waals surface area (Å²) in [5, 5.41) is 7.68. The van der Waals surface area contributed by atoms with Gasteiger partial charge >= 0.3 is 5.97 Å². The lowest BCUT2D eigenvalue weighted by atomic mass is 10.1. The van der Waals surface area contributed by atoms with Gasteiger partial charge in [-0.3, -0.25) is 14.4 Å². The number of carboxylic acid groups (broad SMARTS) is 1. The van der Waals surface area contributed by atoms with Crippen molar-refractivity contribution in [2.45, 2.75) is 18.6 Å². The van der Waals surface area contributed by atoms with Gasteiger partial charge in [0, 0.05) is 18.9 Å². The second-order valence-electron chi connectivity index (χ2n) is 5.00. The molecule has 24 heavy (non-hydrogen) atoms. The van der Waals surface area contributed by atoms with Gasteiger partial charge < -0.3 is 9.84 Å². The van der Waals surface area contributed by atoms with Crippen LogP contribution in [0.15, 0.2) is 54.6 Å². The summed E-state index contributed by atoms with van der Waals surface area (Å²) in [6, 6.07) is 15.7. The number of para-hydroxylation sites is 1. The van der Waals surface area contributed by atoms with Gasteiger partial charge in [-0.2, -0.15) is 0 Å². The van der Waals surface area contributed by atoms with E-state index < -0.39 is 11.2 Å². The van der Waals surface area contributed by atoms with E-state index in [1.165, 1.54) is 6.92 Å². The number of ether oxygens (including phenoxy) is 1. The minimum Gasteiger partial charge on any atom is -0.480 e. The van der Waals surface area contributed by atoms with Crippen molar-refractivity contribution in [2.75, 3.05) is 0 Å². The van der Waals surface area contributed by atoms with E-state index in [2.05, 4.69) is 0 Å². The Hall–Kier alpha value is -2.60. The maximum absolute atomic E-state index is 12.2. The van der Waals surface area contributed by atoms with Crippen LogP contribution in [0.25, 0.3) is 0 Å². The number of benzene rings is 2. The van der Waals surface area contributed by atoms with Crippen molar-refractivity contribution in [1.29, 1.82) is 0 Å². The molecular weight excluding hydrogens is 328 g/mol. The van der Waals surface area contributed by atoms with Gasteiger partial charge in [0.05, 0.1) is 0 Å². The van der Waals surface area contributed by atoms with Crippen LogP contribution in [0.2, 0.25) is 0 Å². The van der Waals surface area contributed by atoms with Crippen molar-refractivity contribution < 1.29 is 24.2 Å². The summed E-state index contributed by atoms with van der Waals surface area (Å²) in [7, 11) is 0. The molecule has 0 aliphatic heterocycles. The van der Waals surface area contributed by atoms with Gasteiger partial charge in [-0.1, -0.05) is 30.0 Å². The number of ketones is 1. The maximum atomic E-state index is 12.2. The molecule has 1 N–H and O–H groups in total. The minimum absolute atomic E-state index is 0.238. The number of carbonyl (C=O) groups is 3. The number of hydrogen-bond acceptors (Lipinski definition) is 5. The molecular formula is C18H16O5S. The second kappa shape index (κ2) is 8.31. The van der Waals surface area contributed by atoms with Crippen LogP contribution in [0.5, 0.6) is 11.5 Å². The molecule has 6 heteroatoms. The number of carboxylic acids is 1. The van der Waals surface area contributed by atoms with E-state index >= 15 is 0 Å². The Labute approximate surface area is 143 Å². The van der Waals surface area contributed by atoms with Crippen molar-refractivity contribution in [3.63, 3.8) is 0 Å². The van der Waals surface area contributed by atoms with E-state index in [0.717, 1.165) is 0 Å². The smallest absolute Gasteiger partial charge is 0.317 e. The largest absolute Gasteiger partial charge is 0.480 e. The number of thioether (sulfide) groups is 1. The molecule has 2 rings (SSSR count). The van der Waals surface area contributed by atoms with Crippen LogP contribution in [0.4, 0.5) is 0 Å². The van der Waals surface area contributed by atoms with Crippen LogP contribution in [-0.2, 0) is 9.59 Å². The first-order valence-corrected chi connectivity index (χ1v) is 8.10. The van der Waals surface area contributed by atoms with E-state index in [1.807, 2.05) is 30.3 Å². The SMILES string of the molecule is CC(=O)SC(CC(=O)c1ccc(Oc2ccccc2)cc1)C(=O)O. The van der Waals surface area contributed by atoms with Crippen LogP contribution in [-0.4, -0.2) is 27.2 Å². The summed E-state index contributed by atoms with van der Waals surface area (Å²) >= 11 is 0.652. The van der Waals surface area contributed by atoms with Gasteiger partial charge in [0.1, 0.15) is 16.7 Å². The molecule has 0 radical (unpaired) electrons. The molecule has 124 valence electrons. The number of carbonyl (C=O) groups excluding carboxylic acids is 2. The summed E-state index contributed by atoms with van der Waals surface area (Å²) in [5.41, 5.74) is 0.380. The minimum atomic E-state index is -1.17. The first-order chi connectivity index (χ1) is 11.5. The summed E-state index contributed by atoms with van der Waals surface area (Å²) < 4.78 is 5.63. The molecule has 5 nitrogen and oxygen atoms in total. The first-order valence-electron chi connectivity index (χ1n) is 7.22. The van der Waals surface area contributed by atoms with Crippen LogP contribution < -0.4 is 4.74 Å². The summed E-state index contributed by atoms with van der Waals surface area (Å²) in [5.74, 6) is -0.249.